The van der Waals surface area contributed by atoms with Crippen molar-refractivity contribution in [2.24, 2.45) is 10.9 Å². The van der Waals surface area contributed by atoms with Gasteiger partial charge in [0.1, 0.15) is 10.7 Å². The Morgan fingerprint density at radius 2 is 2.06 bits per heavy atom. The molecule has 2 aromatic rings. The first-order valence-electron chi connectivity index (χ1n) is 4.93. The summed E-state index contributed by atoms with van der Waals surface area (Å²) in [4.78, 5) is 9.08. The molecule has 7 heteroatoms. The van der Waals surface area contributed by atoms with Crippen molar-refractivity contribution < 1.29 is 5.21 Å². The third-order valence-corrected chi connectivity index (χ3v) is 3.49. The fourth-order valence-electron chi connectivity index (χ4n) is 1.19. The topological polar surface area (TPSA) is 84.4 Å². The van der Waals surface area contributed by atoms with E-state index in [1.165, 1.54) is 18.0 Å². The summed E-state index contributed by atoms with van der Waals surface area (Å²) in [5, 5.41) is 12.7. The van der Waals surface area contributed by atoms with Crippen LogP contribution in [0.4, 0.5) is 0 Å². The quantitative estimate of drug-likeness (QED) is 0.390. The van der Waals surface area contributed by atoms with Gasteiger partial charge in [-0.05, 0) is 12.1 Å². The zero-order valence-corrected chi connectivity index (χ0v) is 10.7. The summed E-state index contributed by atoms with van der Waals surface area (Å²) in [6, 6.07) is 7.46. The van der Waals surface area contributed by atoms with Crippen LogP contribution in [0.1, 0.15) is 5.69 Å². The van der Waals surface area contributed by atoms with E-state index >= 15 is 0 Å². The number of halogens is 1. The van der Waals surface area contributed by atoms with Crippen LogP contribution in [0.3, 0.4) is 0 Å². The Hall–Kier alpha value is -1.79. The molecule has 18 heavy (non-hydrogen) atoms. The van der Waals surface area contributed by atoms with E-state index in [0.29, 0.717) is 15.7 Å². The Morgan fingerprint density at radius 1 is 1.28 bits per heavy atom. The van der Waals surface area contributed by atoms with Crippen LogP contribution in [0.15, 0.2) is 51.7 Å². The van der Waals surface area contributed by atoms with Crippen LogP contribution in [0, 0.1) is 0 Å². The molecule has 0 unspecified atom stereocenters. The summed E-state index contributed by atoms with van der Waals surface area (Å²) >= 11 is 7.43. The normalized spacial score (nSPS) is 11.5. The van der Waals surface area contributed by atoms with Gasteiger partial charge in [0.15, 0.2) is 5.84 Å². The van der Waals surface area contributed by atoms with Crippen molar-refractivity contribution in [3.63, 3.8) is 0 Å². The Balaban J connectivity index is 2.19. The van der Waals surface area contributed by atoms with Crippen molar-refractivity contribution in [1.29, 1.82) is 0 Å². The first kappa shape index (κ1) is 12.7. The number of aromatic nitrogens is 2. The number of amidine groups is 1. The third-order valence-electron chi connectivity index (χ3n) is 2.05. The van der Waals surface area contributed by atoms with Gasteiger partial charge in [0.2, 0.25) is 0 Å². The van der Waals surface area contributed by atoms with E-state index in [0.717, 1.165) is 4.90 Å². The van der Waals surface area contributed by atoms with Crippen LogP contribution in [0.25, 0.3) is 0 Å². The molecule has 1 aromatic carbocycles. The molecule has 0 radical (unpaired) electrons. The molecule has 0 spiro atoms. The molecule has 0 atom stereocenters. The molecule has 0 saturated carbocycles. The fraction of sp³-hybridized carbons (Fsp3) is 0. The molecule has 92 valence electrons. The predicted molar refractivity (Wildman–Crippen MR) is 70.1 cm³/mol. The lowest BCUT2D eigenvalue weighted by Gasteiger charge is -2.03. The van der Waals surface area contributed by atoms with Crippen LogP contribution in [0.5, 0.6) is 0 Å². The predicted octanol–water partition coefficient (Wildman–Crippen LogP) is 2.38. The maximum atomic E-state index is 8.50. The van der Waals surface area contributed by atoms with Crippen LogP contribution in [-0.4, -0.2) is 21.0 Å². The van der Waals surface area contributed by atoms with Gasteiger partial charge < -0.3 is 10.9 Å². The van der Waals surface area contributed by atoms with Crippen LogP contribution in [0.2, 0.25) is 5.02 Å². The highest BCUT2D eigenvalue weighted by Crippen LogP contribution is 2.31. The summed E-state index contributed by atoms with van der Waals surface area (Å²) in [5.74, 6) is -0.0724. The van der Waals surface area contributed by atoms with Gasteiger partial charge in [0, 0.05) is 4.90 Å². The zero-order valence-electron chi connectivity index (χ0n) is 9.12. The second-order valence-corrected chi connectivity index (χ2v) is 4.73. The average molecular weight is 281 g/mol. The van der Waals surface area contributed by atoms with E-state index in [-0.39, 0.29) is 5.84 Å². The first-order valence-corrected chi connectivity index (χ1v) is 6.12. The van der Waals surface area contributed by atoms with Crippen molar-refractivity contribution in [3.8, 4) is 0 Å². The van der Waals surface area contributed by atoms with E-state index < -0.39 is 0 Å². The second-order valence-electron chi connectivity index (χ2n) is 3.26. The van der Waals surface area contributed by atoms with E-state index in [4.69, 9.17) is 22.5 Å². The van der Waals surface area contributed by atoms with Gasteiger partial charge in [0.05, 0.1) is 17.4 Å². The van der Waals surface area contributed by atoms with E-state index in [2.05, 4.69) is 15.1 Å². The summed E-state index contributed by atoms with van der Waals surface area (Å²) in [6.45, 7) is 0. The summed E-state index contributed by atoms with van der Waals surface area (Å²) in [7, 11) is 0. The molecule has 5 nitrogen and oxygen atoms in total. The molecule has 0 aliphatic heterocycles. The molecular weight excluding hydrogens is 272 g/mol. The molecule has 2 rings (SSSR count). The Labute approximate surface area is 113 Å². The molecule has 0 saturated heterocycles. The molecule has 0 fully saturated rings. The lowest BCUT2D eigenvalue weighted by atomic mass is 10.4. The maximum absolute atomic E-state index is 8.50. The van der Waals surface area contributed by atoms with E-state index in [9.17, 15) is 0 Å². The molecule has 0 aliphatic rings. The van der Waals surface area contributed by atoms with Crippen molar-refractivity contribution >= 4 is 29.2 Å². The SMILES string of the molecule is NC(=NO)c1cnc(Sc2ccccc2Cl)cn1. The third kappa shape index (κ3) is 2.91. The van der Waals surface area contributed by atoms with Crippen molar-refractivity contribution in [3.05, 3.63) is 47.4 Å². The van der Waals surface area contributed by atoms with Gasteiger partial charge in [-0.1, -0.05) is 40.7 Å². The van der Waals surface area contributed by atoms with E-state index in [1.807, 2.05) is 24.3 Å². The number of rotatable bonds is 3. The highest BCUT2D eigenvalue weighted by molar-refractivity contribution is 7.99. The lowest BCUT2D eigenvalue weighted by molar-refractivity contribution is 0.318. The molecule has 1 aromatic heterocycles. The van der Waals surface area contributed by atoms with Gasteiger partial charge in [-0.15, -0.1) is 0 Å². The maximum Gasteiger partial charge on any atom is 0.190 e. The number of nitrogens with zero attached hydrogens (tertiary/aromatic N) is 3. The Bertz CT molecular complexity index is 574. The summed E-state index contributed by atoms with van der Waals surface area (Å²) < 4.78 is 0. The lowest BCUT2D eigenvalue weighted by Crippen LogP contribution is -2.15. The van der Waals surface area contributed by atoms with Gasteiger partial charge in [-0.2, -0.15) is 0 Å². The van der Waals surface area contributed by atoms with Gasteiger partial charge in [0.25, 0.3) is 0 Å². The number of oxime groups is 1. The average Bonchev–Trinajstić information content (AvgIpc) is 2.41. The molecule has 3 N–H and O–H groups in total. The van der Waals surface area contributed by atoms with Crippen molar-refractivity contribution in [1.82, 2.24) is 9.97 Å². The van der Waals surface area contributed by atoms with Crippen molar-refractivity contribution in [2.75, 3.05) is 0 Å². The first-order chi connectivity index (χ1) is 8.70. The zero-order chi connectivity index (χ0) is 13.0. The fourth-order valence-corrected chi connectivity index (χ4v) is 2.19. The van der Waals surface area contributed by atoms with Gasteiger partial charge in [-0.25, -0.2) is 9.97 Å². The molecular formula is C11H9ClN4OS. The van der Waals surface area contributed by atoms with Gasteiger partial charge >= 0.3 is 0 Å². The van der Waals surface area contributed by atoms with Crippen LogP contribution in [-0.2, 0) is 0 Å². The standard InChI is InChI=1S/C11H9ClN4OS/c12-7-3-1-2-4-9(7)18-10-6-14-8(5-15-10)11(13)16-17/h1-6,17H,(H2,13,16). The minimum atomic E-state index is -0.0724. The van der Waals surface area contributed by atoms with Crippen LogP contribution < -0.4 is 5.73 Å². The molecule has 0 bridgehead atoms. The van der Waals surface area contributed by atoms with Crippen molar-refractivity contribution in [2.45, 2.75) is 9.92 Å². The highest BCUT2D eigenvalue weighted by Gasteiger charge is 2.05. The minimum Gasteiger partial charge on any atom is -0.409 e. The number of nitrogens with two attached hydrogens (primary N) is 1. The monoisotopic (exact) mass is 280 g/mol. The number of hydrogen-bond donors (Lipinski definition) is 2. The van der Waals surface area contributed by atoms with E-state index in [1.54, 1.807) is 6.20 Å². The number of benzene rings is 1. The minimum absolute atomic E-state index is 0.0724. The largest absolute Gasteiger partial charge is 0.409 e. The smallest absolute Gasteiger partial charge is 0.190 e. The highest BCUT2D eigenvalue weighted by atomic mass is 35.5. The van der Waals surface area contributed by atoms with Crippen LogP contribution >= 0.6 is 23.4 Å². The molecule has 0 amide bonds. The second kappa shape index (κ2) is 5.70. The number of hydrogen-bond acceptors (Lipinski definition) is 5. The molecule has 1 heterocycles. The summed E-state index contributed by atoms with van der Waals surface area (Å²) in [5.41, 5.74) is 5.71. The molecule has 0 aliphatic carbocycles. The Morgan fingerprint density at radius 3 is 2.67 bits per heavy atom. The Kier molecular flexibility index (Phi) is 4.01. The summed E-state index contributed by atoms with van der Waals surface area (Å²) in [6.07, 6.45) is 2.98. The van der Waals surface area contributed by atoms with Gasteiger partial charge in [-0.3, -0.25) is 0 Å².